The molecule has 1 saturated carbocycles. The fourth-order valence-electron chi connectivity index (χ4n) is 2.23. The van der Waals surface area contributed by atoms with Crippen LogP contribution in [-0.4, -0.2) is 41.9 Å². The Kier molecular flexibility index (Phi) is 3.43. The van der Waals surface area contributed by atoms with Gasteiger partial charge in [-0.2, -0.15) is 0 Å². The van der Waals surface area contributed by atoms with Crippen molar-refractivity contribution in [3.8, 4) is 0 Å². The zero-order chi connectivity index (χ0) is 12.5. The van der Waals surface area contributed by atoms with Crippen molar-refractivity contribution in [2.75, 3.05) is 19.8 Å². The number of rotatable bonds is 4. The summed E-state index contributed by atoms with van der Waals surface area (Å²) in [6.07, 6.45) is 3.19. The Bertz CT molecular complexity index is 294. The molecule has 1 saturated heterocycles. The smallest absolute Gasteiger partial charge is 0.240 e. The van der Waals surface area contributed by atoms with Crippen molar-refractivity contribution in [1.29, 1.82) is 0 Å². The quantitative estimate of drug-likeness (QED) is 0.636. The molecule has 1 heterocycles. The first-order valence-corrected chi connectivity index (χ1v) is 6.31. The Morgan fingerprint density at radius 1 is 1.53 bits per heavy atom. The van der Waals surface area contributed by atoms with Gasteiger partial charge in [0.25, 0.3) is 0 Å². The number of nitrogens with one attached hydrogen (secondary N) is 1. The highest BCUT2D eigenvalue weighted by molar-refractivity contribution is 5.86. The van der Waals surface area contributed by atoms with Gasteiger partial charge in [0.15, 0.2) is 0 Å². The maximum absolute atomic E-state index is 12.0. The monoisotopic (exact) mass is 242 g/mol. The van der Waals surface area contributed by atoms with Crippen molar-refractivity contribution in [1.82, 2.24) is 5.32 Å². The summed E-state index contributed by atoms with van der Waals surface area (Å²) in [5.74, 6) is 0.145. The highest BCUT2D eigenvalue weighted by atomic mass is 16.5. The maximum Gasteiger partial charge on any atom is 0.240 e. The van der Waals surface area contributed by atoms with Gasteiger partial charge in [-0.3, -0.25) is 4.79 Å². The molecule has 1 aliphatic carbocycles. The molecule has 0 aromatic carbocycles. The molecule has 2 fully saturated rings. The first kappa shape index (κ1) is 12.8. The molecule has 17 heavy (non-hydrogen) atoms. The second-order valence-electron chi connectivity index (χ2n) is 5.58. The number of hydrogen-bond acceptors (Lipinski definition) is 4. The summed E-state index contributed by atoms with van der Waals surface area (Å²) >= 11 is 0. The van der Waals surface area contributed by atoms with Crippen LogP contribution in [0.25, 0.3) is 0 Å². The van der Waals surface area contributed by atoms with Crippen LogP contribution < -0.4 is 11.1 Å². The average molecular weight is 242 g/mol. The standard InChI is InChI=1S/C12H22N2O3/c1-11(13,9-2-3-9)10(15)14-8-12(16)4-6-17-7-5-12/h9,16H,2-8,13H2,1H3,(H,14,15). The van der Waals surface area contributed by atoms with Gasteiger partial charge in [0.05, 0.1) is 11.1 Å². The van der Waals surface area contributed by atoms with E-state index in [0.29, 0.717) is 32.0 Å². The number of nitrogens with two attached hydrogens (primary N) is 1. The van der Waals surface area contributed by atoms with E-state index < -0.39 is 11.1 Å². The summed E-state index contributed by atoms with van der Waals surface area (Å²) in [6, 6.07) is 0. The lowest BCUT2D eigenvalue weighted by Crippen LogP contribution is -2.57. The molecule has 1 aliphatic heterocycles. The Morgan fingerprint density at radius 3 is 2.65 bits per heavy atom. The fraction of sp³-hybridized carbons (Fsp3) is 0.917. The first-order valence-electron chi connectivity index (χ1n) is 6.31. The van der Waals surface area contributed by atoms with E-state index in [4.69, 9.17) is 10.5 Å². The lowest BCUT2D eigenvalue weighted by atomic mass is 9.92. The van der Waals surface area contributed by atoms with E-state index in [1.165, 1.54) is 0 Å². The van der Waals surface area contributed by atoms with E-state index in [9.17, 15) is 9.90 Å². The van der Waals surface area contributed by atoms with Gasteiger partial charge in [0.2, 0.25) is 5.91 Å². The van der Waals surface area contributed by atoms with Crippen molar-refractivity contribution in [2.45, 2.75) is 43.7 Å². The Labute approximate surface area is 102 Å². The van der Waals surface area contributed by atoms with Gasteiger partial charge in [0.1, 0.15) is 0 Å². The van der Waals surface area contributed by atoms with Crippen LogP contribution in [-0.2, 0) is 9.53 Å². The van der Waals surface area contributed by atoms with Crippen LogP contribution in [0.15, 0.2) is 0 Å². The minimum atomic E-state index is -0.826. The zero-order valence-electron chi connectivity index (χ0n) is 10.4. The predicted octanol–water partition coefficient (Wildman–Crippen LogP) is -0.228. The number of carbonyl (C=O) groups excluding carboxylic acids is 1. The van der Waals surface area contributed by atoms with Crippen LogP contribution in [0.5, 0.6) is 0 Å². The van der Waals surface area contributed by atoms with Crippen molar-refractivity contribution in [3.05, 3.63) is 0 Å². The highest BCUT2D eigenvalue weighted by Gasteiger charge is 2.44. The Balaban J connectivity index is 1.82. The van der Waals surface area contributed by atoms with Crippen LogP contribution in [0.3, 0.4) is 0 Å². The second kappa shape index (κ2) is 4.55. The van der Waals surface area contributed by atoms with E-state index in [1.807, 2.05) is 0 Å². The van der Waals surface area contributed by atoms with Crippen molar-refractivity contribution in [2.24, 2.45) is 11.7 Å². The highest BCUT2D eigenvalue weighted by Crippen LogP contribution is 2.38. The third-order valence-corrected chi connectivity index (χ3v) is 3.92. The average Bonchev–Trinajstić information content (AvgIpc) is 3.11. The van der Waals surface area contributed by atoms with Crippen LogP contribution in [0.4, 0.5) is 0 Å². The van der Waals surface area contributed by atoms with Crippen LogP contribution in [0, 0.1) is 5.92 Å². The third-order valence-electron chi connectivity index (χ3n) is 3.92. The molecule has 0 aromatic rings. The van der Waals surface area contributed by atoms with Crippen LogP contribution >= 0.6 is 0 Å². The number of ether oxygens (including phenoxy) is 1. The number of hydrogen-bond donors (Lipinski definition) is 3. The van der Waals surface area contributed by atoms with Gasteiger partial charge >= 0.3 is 0 Å². The number of carbonyl (C=O) groups is 1. The SMILES string of the molecule is CC(N)(C(=O)NCC1(O)CCOCC1)C1CC1. The van der Waals surface area contributed by atoms with Gasteiger partial charge in [0, 0.05) is 32.6 Å². The molecule has 0 bridgehead atoms. The molecule has 1 atom stereocenters. The van der Waals surface area contributed by atoms with E-state index >= 15 is 0 Å². The molecule has 1 amide bonds. The zero-order valence-corrected chi connectivity index (χ0v) is 10.4. The van der Waals surface area contributed by atoms with Gasteiger partial charge in [-0.15, -0.1) is 0 Å². The van der Waals surface area contributed by atoms with Crippen LogP contribution in [0.2, 0.25) is 0 Å². The van der Waals surface area contributed by atoms with Crippen molar-refractivity contribution < 1.29 is 14.6 Å². The largest absolute Gasteiger partial charge is 0.388 e. The Hall–Kier alpha value is -0.650. The molecule has 1 unspecified atom stereocenters. The predicted molar refractivity (Wildman–Crippen MR) is 63.3 cm³/mol. The van der Waals surface area contributed by atoms with E-state index in [2.05, 4.69) is 5.32 Å². The van der Waals surface area contributed by atoms with Crippen molar-refractivity contribution in [3.63, 3.8) is 0 Å². The maximum atomic E-state index is 12.0. The molecular formula is C12H22N2O3. The summed E-state index contributed by atoms with van der Waals surface area (Å²) in [5, 5.41) is 13.0. The third kappa shape index (κ3) is 2.97. The molecule has 2 rings (SSSR count). The van der Waals surface area contributed by atoms with Gasteiger partial charge in [-0.05, 0) is 25.7 Å². The van der Waals surface area contributed by atoms with E-state index in [0.717, 1.165) is 12.8 Å². The second-order valence-corrected chi connectivity index (χ2v) is 5.58. The number of amides is 1. The van der Waals surface area contributed by atoms with E-state index in [1.54, 1.807) is 6.92 Å². The first-order chi connectivity index (χ1) is 7.94. The summed E-state index contributed by atoms with van der Waals surface area (Å²) in [5.41, 5.74) is 4.39. The topological polar surface area (TPSA) is 84.6 Å². The molecule has 98 valence electrons. The molecule has 5 heteroatoms. The van der Waals surface area contributed by atoms with Gasteiger partial charge in [-0.1, -0.05) is 0 Å². The van der Waals surface area contributed by atoms with Crippen molar-refractivity contribution >= 4 is 5.91 Å². The molecule has 0 radical (unpaired) electrons. The summed E-state index contributed by atoms with van der Waals surface area (Å²) < 4.78 is 5.19. The number of aliphatic hydroxyl groups is 1. The molecule has 2 aliphatic rings. The van der Waals surface area contributed by atoms with Crippen LogP contribution in [0.1, 0.15) is 32.6 Å². The minimum Gasteiger partial charge on any atom is -0.388 e. The van der Waals surface area contributed by atoms with Gasteiger partial charge < -0.3 is 20.9 Å². The van der Waals surface area contributed by atoms with Gasteiger partial charge in [-0.25, -0.2) is 0 Å². The lowest BCUT2D eigenvalue weighted by molar-refractivity contribution is -0.129. The molecule has 4 N–H and O–H groups in total. The molecule has 0 spiro atoms. The Morgan fingerprint density at radius 2 is 2.12 bits per heavy atom. The minimum absolute atomic E-state index is 0.153. The summed E-state index contributed by atoms with van der Waals surface area (Å²) in [6.45, 7) is 3.15. The van der Waals surface area contributed by atoms with E-state index in [-0.39, 0.29) is 12.5 Å². The molecule has 5 nitrogen and oxygen atoms in total. The summed E-state index contributed by atoms with van der Waals surface area (Å²) in [7, 11) is 0. The normalized spacial score (nSPS) is 27.2. The summed E-state index contributed by atoms with van der Waals surface area (Å²) in [4.78, 5) is 12.0. The fourth-order valence-corrected chi connectivity index (χ4v) is 2.23. The molecule has 0 aromatic heterocycles. The molecular weight excluding hydrogens is 220 g/mol. The lowest BCUT2D eigenvalue weighted by Gasteiger charge is -2.33.